The molecule has 9 nitrogen and oxygen atoms in total. The molecule has 9 heteroatoms. The number of nitrogens with zero attached hydrogens (tertiary/aromatic N) is 2. The highest BCUT2D eigenvalue weighted by Crippen LogP contribution is 2.37. The van der Waals surface area contributed by atoms with Gasteiger partial charge in [0.25, 0.3) is 5.91 Å². The van der Waals surface area contributed by atoms with Crippen molar-refractivity contribution in [3.63, 3.8) is 0 Å². The summed E-state index contributed by atoms with van der Waals surface area (Å²) >= 11 is 0. The van der Waals surface area contributed by atoms with Crippen LogP contribution in [0.1, 0.15) is 29.0 Å². The third kappa shape index (κ3) is 3.73. The van der Waals surface area contributed by atoms with E-state index in [1.165, 1.54) is 18.2 Å². The maximum absolute atomic E-state index is 12.7. The van der Waals surface area contributed by atoms with Crippen LogP contribution >= 0.6 is 0 Å². The molecular weight excluding hydrogens is 390 g/mol. The van der Waals surface area contributed by atoms with Crippen molar-refractivity contribution >= 4 is 35.2 Å². The van der Waals surface area contributed by atoms with E-state index >= 15 is 0 Å². The fourth-order valence-corrected chi connectivity index (χ4v) is 3.65. The third-order valence-corrected chi connectivity index (χ3v) is 5.08. The van der Waals surface area contributed by atoms with Gasteiger partial charge < -0.3 is 14.6 Å². The number of anilines is 2. The predicted molar refractivity (Wildman–Crippen MR) is 104 cm³/mol. The van der Waals surface area contributed by atoms with E-state index in [9.17, 15) is 19.2 Å². The van der Waals surface area contributed by atoms with Gasteiger partial charge in [0.15, 0.2) is 12.4 Å². The first-order chi connectivity index (χ1) is 14.4. The number of amides is 3. The first-order valence-electron chi connectivity index (χ1n) is 9.47. The van der Waals surface area contributed by atoms with Crippen molar-refractivity contribution in [1.29, 1.82) is 0 Å². The normalized spacial score (nSPS) is 20.2. The summed E-state index contributed by atoms with van der Waals surface area (Å²) in [5.74, 6) is -1.82. The molecule has 1 aliphatic carbocycles. The molecule has 2 heterocycles. The monoisotopic (exact) mass is 409 g/mol. The Bertz CT molecular complexity index is 1030. The van der Waals surface area contributed by atoms with Gasteiger partial charge in [0.1, 0.15) is 5.76 Å². The number of carbonyl (C=O) groups is 4. The second-order valence-corrected chi connectivity index (χ2v) is 7.17. The van der Waals surface area contributed by atoms with Crippen LogP contribution in [0.2, 0.25) is 0 Å². The Balaban J connectivity index is 1.41. The molecule has 1 aromatic carbocycles. The van der Waals surface area contributed by atoms with Crippen LogP contribution in [-0.2, 0) is 19.1 Å². The Morgan fingerprint density at radius 1 is 1.17 bits per heavy atom. The molecule has 2 aliphatic rings. The molecule has 30 heavy (non-hydrogen) atoms. The Morgan fingerprint density at radius 3 is 2.50 bits per heavy atom. The van der Waals surface area contributed by atoms with Crippen molar-refractivity contribution in [2.45, 2.75) is 19.8 Å². The van der Waals surface area contributed by atoms with Gasteiger partial charge in [-0.2, -0.15) is 0 Å². The molecule has 0 unspecified atom stereocenters. The van der Waals surface area contributed by atoms with Crippen LogP contribution in [-0.4, -0.2) is 35.5 Å². The summed E-state index contributed by atoms with van der Waals surface area (Å²) in [6.45, 7) is 1.16. The number of ether oxygens (including phenoxy) is 1. The summed E-state index contributed by atoms with van der Waals surface area (Å²) in [6.07, 6.45) is 4.89. The summed E-state index contributed by atoms with van der Waals surface area (Å²) in [5, 5.41) is 6.06. The maximum atomic E-state index is 12.7. The summed E-state index contributed by atoms with van der Waals surface area (Å²) in [5.41, 5.74) is 0.447. The van der Waals surface area contributed by atoms with Crippen LogP contribution in [0.4, 0.5) is 11.5 Å². The number of hydrogen-bond donors (Lipinski definition) is 1. The van der Waals surface area contributed by atoms with Crippen LogP contribution in [0.5, 0.6) is 0 Å². The minimum absolute atomic E-state index is 0.131. The molecule has 0 radical (unpaired) electrons. The van der Waals surface area contributed by atoms with Gasteiger partial charge >= 0.3 is 5.97 Å². The Kier molecular flexibility index (Phi) is 5.18. The minimum Gasteiger partial charge on any atom is -0.452 e. The molecule has 0 bridgehead atoms. The van der Waals surface area contributed by atoms with E-state index in [0.29, 0.717) is 24.3 Å². The zero-order valence-corrected chi connectivity index (χ0v) is 16.2. The number of rotatable bonds is 5. The van der Waals surface area contributed by atoms with E-state index in [0.717, 1.165) is 4.90 Å². The predicted octanol–water partition coefficient (Wildman–Crippen LogP) is 2.23. The molecular formula is C21H19N3O6. The Labute approximate surface area is 171 Å². The SMILES string of the molecule is Cc1cc(NC(=O)COC(=O)c2cccc(N3C(=O)[C@H]4CC=CC[C@H]4C3=O)c2)no1. The first-order valence-corrected chi connectivity index (χ1v) is 9.47. The van der Waals surface area contributed by atoms with Gasteiger partial charge in [-0.25, -0.2) is 4.79 Å². The van der Waals surface area contributed by atoms with Crippen molar-refractivity contribution in [3.05, 3.63) is 53.8 Å². The Morgan fingerprint density at radius 2 is 1.87 bits per heavy atom. The molecule has 2 aromatic rings. The quantitative estimate of drug-likeness (QED) is 0.457. The lowest BCUT2D eigenvalue weighted by molar-refractivity contribution is -0.122. The van der Waals surface area contributed by atoms with Gasteiger partial charge in [-0.3, -0.25) is 19.3 Å². The fourth-order valence-electron chi connectivity index (χ4n) is 3.65. The van der Waals surface area contributed by atoms with Crippen LogP contribution in [0.25, 0.3) is 0 Å². The van der Waals surface area contributed by atoms with Crippen molar-refractivity contribution in [1.82, 2.24) is 5.16 Å². The topological polar surface area (TPSA) is 119 Å². The van der Waals surface area contributed by atoms with Gasteiger partial charge in [-0.1, -0.05) is 23.4 Å². The lowest BCUT2D eigenvalue weighted by Gasteiger charge is -2.15. The number of aryl methyl sites for hydroxylation is 1. The van der Waals surface area contributed by atoms with Crippen LogP contribution in [0.15, 0.2) is 47.0 Å². The van der Waals surface area contributed by atoms with Crippen molar-refractivity contribution in [3.8, 4) is 0 Å². The summed E-state index contributed by atoms with van der Waals surface area (Å²) in [6, 6.07) is 7.59. The molecule has 3 amide bonds. The lowest BCUT2D eigenvalue weighted by atomic mass is 9.85. The van der Waals surface area contributed by atoms with E-state index in [1.54, 1.807) is 19.1 Å². The fraction of sp³-hybridized carbons (Fsp3) is 0.286. The number of carbonyl (C=O) groups excluding carboxylic acids is 4. The average Bonchev–Trinajstić information content (AvgIpc) is 3.27. The standard InChI is InChI=1S/C21H19N3O6/c1-12-9-17(23-30-12)22-18(25)11-29-21(28)13-5-4-6-14(10-13)24-19(26)15-7-2-3-8-16(15)20(24)27/h2-6,9-10,15-16H,7-8,11H2,1H3,(H,22,23,25)/t15-,16+. The number of imide groups is 1. The zero-order valence-electron chi connectivity index (χ0n) is 16.2. The van der Waals surface area contributed by atoms with Gasteiger partial charge in [-0.05, 0) is 38.0 Å². The lowest BCUT2D eigenvalue weighted by Crippen LogP contribution is -2.31. The van der Waals surface area contributed by atoms with Crippen LogP contribution in [0.3, 0.4) is 0 Å². The molecule has 4 rings (SSSR count). The number of esters is 1. The van der Waals surface area contributed by atoms with Gasteiger partial charge in [-0.15, -0.1) is 0 Å². The molecule has 1 aliphatic heterocycles. The highest BCUT2D eigenvalue weighted by atomic mass is 16.5. The minimum atomic E-state index is -0.749. The van der Waals surface area contributed by atoms with Crippen LogP contribution in [0, 0.1) is 18.8 Å². The van der Waals surface area contributed by atoms with E-state index in [-0.39, 0.29) is 35.0 Å². The largest absolute Gasteiger partial charge is 0.452 e. The second-order valence-electron chi connectivity index (χ2n) is 7.17. The number of nitrogens with one attached hydrogen (secondary N) is 1. The van der Waals surface area contributed by atoms with Crippen molar-refractivity contribution < 1.29 is 28.4 Å². The summed E-state index contributed by atoms with van der Waals surface area (Å²) in [4.78, 5) is 50.8. The molecule has 0 spiro atoms. The van der Waals surface area contributed by atoms with Gasteiger partial charge in [0, 0.05) is 6.07 Å². The number of benzene rings is 1. The molecule has 2 atom stereocenters. The number of allylic oxidation sites excluding steroid dienone is 2. The third-order valence-electron chi connectivity index (χ3n) is 5.08. The molecule has 1 aromatic heterocycles. The molecule has 154 valence electrons. The number of aromatic nitrogens is 1. The summed E-state index contributed by atoms with van der Waals surface area (Å²) in [7, 11) is 0. The van der Waals surface area contributed by atoms with Crippen molar-refractivity contribution in [2.75, 3.05) is 16.8 Å². The molecule has 0 saturated carbocycles. The Hall–Kier alpha value is -3.75. The van der Waals surface area contributed by atoms with Gasteiger partial charge in [0.05, 0.1) is 23.1 Å². The smallest absolute Gasteiger partial charge is 0.338 e. The van der Waals surface area contributed by atoms with E-state index in [4.69, 9.17) is 9.26 Å². The summed E-state index contributed by atoms with van der Waals surface area (Å²) < 4.78 is 9.87. The molecule has 1 saturated heterocycles. The highest BCUT2D eigenvalue weighted by molar-refractivity contribution is 6.22. The van der Waals surface area contributed by atoms with Crippen LogP contribution < -0.4 is 10.2 Å². The maximum Gasteiger partial charge on any atom is 0.338 e. The van der Waals surface area contributed by atoms with Gasteiger partial charge in [0.2, 0.25) is 11.8 Å². The number of fused-ring (bicyclic) bond motifs is 1. The molecule has 1 N–H and O–H groups in total. The highest BCUT2D eigenvalue weighted by Gasteiger charge is 2.47. The molecule has 1 fully saturated rings. The van der Waals surface area contributed by atoms with Crippen molar-refractivity contribution in [2.24, 2.45) is 11.8 Å². The second kappa shape index (κ2) is 7.94. The van der Waals surface area contributed by atoms with E-state index in [1.807, 2.05) is 12.2 Å². The zero-order chi connectivity index (χ0) is 21.3. The number of hydrogen-bond acceptors (Lipinski definition) is 7. The first kappa shape index (κ1) is 19.6. The van der Waals surface area contributed by atoms with E-state index < -0.39 is 18.5 Å². The average molecular weight is 409 g/mol. The van der Waals surface area contributed by atoms with E-state index in [2.05, 4.69) is 10.5 Å².